The molecule has 7 heteroatoms. The number of aryl methyl sites for hydroxylation is 2. The maximum absolute atomic E-state index is 12.1. The van der Waals surface area contributed by atoms with Crippen LogP contribution in [0.3, 0.4) is 0 Å². The molecule has 1 amide bonds. The number of thioether (sulfide) groups is 1. The summed E-state index contributed by atoms with van der Waals surface area (Å²) in [6.07, 6.45) is 1.85. The summed E-state index contributed by atoms with van der Waals surface area (Å²) in [5.41, 5.74) is 5.25. The summed E-state index contributed by atoms with van der Waals surface area (Å²) in [4.78, 5) is 12.1. The molecule has 0 aliphatic heterocycles. The average molecular weight is 398 g/mol. The number of amides is 1. The fraction of sp³-hybridized carbons (Fsp3) is 0.429. The van der Waals surface area contributed by atoms with E-state index in [2.05, 4.69) is 66.5 Å². The van der Waals surface area contributed by atoms with Crippen molar-refractivity contribution < 1.29 is 4.79 Å². The summed E-state index contributed by atoms with van der Waals surface area (Å²) in [7, 11) is 0. The van der Waals surface area contributed by atoms with Crippen LogP contribution in [0.2, 0.25) is 0 Å². The van der Waals surface area contributed by atoms with Crippen LogP contribution in [0.15, 0.2) is 29.4 Å². The molecule has 0 fully saturated rings. The van der Waals surface area contributed by atoms with E-state index < -0.39 is 0 Å². The van der Waals surface area contributed by atoms with E-state index in [0.29, 0.717) is 10.8 Å². The quantitative estimate of drug-likeness (QED) is 0.632. The minimum atomic E-state index is -0.0138. The van der Waals surface area contributed by atoms with Crippen LogP contribution >= 0.6 is 11.8 Å². The van der Waals surface area contributed by atoms with Gasteiger partial charge in [0, 0.05) is 11.4 Å². The van der Waals surface area contributed by atoms with Crippen molar-refractivity contribution in [3.8, 4) is 5.69 Å². The molecule has 1 N–H and O–H groups in total. The molecule has 3 aromatic rings. The molecule has 148 valence electrons. The van der Waals surface area contributed by atoms with Crippen LogP contribution in [0.5, 0.6) is 0 Å². The van der Waals surface area contributed by atoms with E-state index in [1.165, 1.54) is 22.9 Å². The maximum Gasteiger partial charge on any atom is 0.230 e. The van der Waals surface area contributed by atoms with Gasteiger partial charge in [-0.25, -0.2) is 4.68 Å². The number of carbonyl (C=O) groups excluding carboxylic acids is 1. The molecule has 0 saturated heterocycles. The Morgan fingerprint density at radius 2 is 1.89 bits per heavy atom. The maximum atomic E-state index is 12.1. The van der Waals surface area contributed by atoms with Crippen molar-refractivity contribution in [1.82, 2.24) is 25.3 Å². The van der Waals surface area contributed by atoms with Crippen LogP contribution in [0, 0.1) is 13.8 Å². The number of nitrogens with one attached hydrogen (secondary N) is 1. The number of benzene rings is 1. The van der Waals surface area contributed by atoms with Gasteiger partial charge < -0.3 is 5.32 Å². The zero-order chi connectivity index (χ0) is 20.4. The third kappa shape index (κ3) is 4.19. The second-order valence-electron chi connectivity index (χ2n) is 7.64. The molecule has 0 saturated carbocycles. The van der Waals surface area contributed by atoms with Gasteiger partial charge in [-0.3, -0.25) is 4.79 Å². The number of aromatic nitrogens is 4. The van der Waals surface area contributed by atoms with Gasteiger partial charge in [0.1, 0.15) is 10.5 Å². The van der Waals surface area contributed by atoms with Crippen molar-refractivity contribution in [1.29, 1.82) is 0 Å². The fourth-order valence-electron chi connectivity index (χ4n) is 3.02. The highest BCUT2D eigenvalue weighted by molar-refractivity contribution is 8.00. The first-order chi connectivity index (χ1) is 13.3. The van der Waals surface area contributed by atoms with Crippen LogP contribution < -0.4 is 5.32 Å². The van der Waals surface area contributed by atoms with Crippen LogP contribution in [0.25, 0.3) is 16.6 Å². The second kappa shape index (κ2) is 8.31. The standard InChI is InChI=1S/C21H27N5OS/c1-12(2)19-17-10-22-26(16-8-7-14(5)15(6)9-16)20(17)21(25-24-19)28-11-18(27)23-13(3)4/h7-10,12-13H,11H2,1-6H3,(H,23,27). The predicted molar refractivity (Wildman–Crippen MR) is 114 cm³/mol. The van der Waals surface area contributed by atoms with Gasteiger partial charge in [0.05, 0.1) is 23.3 Å². The number of fused-ring (bicyclic) bond motifs is 1. The van der Waals surface area contributed by atoms with Crippen molar-refractivity contribution in [2.75, 3.05) is 5.75 Å². The van der Waals surface area contributed by atoms with E-state index in [1.807, 2.05) is 24.7 Å². The molecule has 2 heterocycles. The smallest absolute Gasteiger partial charge is 0.230 e. The monoisotopic (exact) mass is 397 g/mol. The molecule has 28 heavy (non-hydrogen) atoms. The Labute approximate surface area is 170 Å². The lowest BCUT2D eigenvalue weighted by Crippen LogP contribution is -2.31. The summed E-state index contributed by atoms with van der Waals surface area (Å²) >= 11 is 1.39. The molecule has 0 aliphatic carbocycles. The van der Waals surface area contributed by atoms with Crippen LogP contribution in [0.4, 0.5) is 0 Å². The Balaban J connectivity index is 2.08. The molecule has 2 aromatic heterocycles. The molecule has 0 bridgehead atoms. The Morgan fingerprint density at radius 3 is 2.54 bits per heavy atom. The normalized spacial score (nSPS) is 11.6. The third-order valence-corrected chi connectivity index (χ3v) is 5.52. The van der Waals surface area contributed by atoms with Crippen molar-refractivity contribution in [2.45, 2.75) is 58.5 Å². The van der Waals surface area contributed by atoms with E-state index in [-0.39, 0.29) is 17.9 Å². The topological polar surface area (TPSA) is 72.7 Å². The SMILES string of the molecule is Cc1ccc(-n2ncc3c(C(C)C)nnc(SCC(=O)NC(C)C)c32)cc1C. The first-order valence-corrected chi connectivity index (χ1v) is 10.5. The lowest BCUT2D eigenvalue weighted by atomic mass is 10.1. The third-order valence-electron chi connectivity index (χ3n) is 4.57. The molecule has 0 radical (unpaired) electrons. The predicted octanol–water partition coefficient (Wildman–Crippen LogP) is 4.17. The highest BCUT2D eigenvalue weighted by Crippen LogP contribution is 2.31. The Kier molecular flexibility index (Phi) is 6.03. The van der Waals surface area contributed by atoms with Gasteiger partial charge in [0.15, 0.2) is 0 Å². The number of carbonyl (C=O) groups is 1. The molecule has 3 rings (SSSR count). The summed E-state index contributed by atoms with van der Waals surface area (Å²) in [6.45, 7) is 12.3. The van der Waals surface area contributed by atoms with Gasteiger partial charge in [0.2, 0.25) is 5.91 Å². The minimum Gasteiger partial charge on any atom is -0.353 e. The molecule has 0 aliphatic rings. The highest BCUT2D eigenvalue weighted by atomic mass is 32.2. The Hall–Kier alpha value is -2.41. The van der Waals surface area contributed by atoms with Crippen molar-refractivity contribution in [3.05, 3.63) is 41.2 Å². The van der Waals surface area contributed by atoms with Crippen LogP contribution in [-0.2, 0) is 4.79 Å². The summed E-state index contributed by atoms with van der Waals surface area (Å²) in [5, 5.41) is 18.1. The van der Waals surface area contributed by atoms with Gasteiger partial charge in [-0.05, 0) is 56.9 Å². The van der Waals surface area contributed by atoms with E-state index in [9.17, 15) is 4.79 Å². The zero-order valence-electron chi connectivity index (χ0n) is 17.3. The summed E-state index contributed by atoms with van der Waals surface area (Å²) in [6, 6.07) is 6.39. The van der Waals surface area contributed by atoms with Gasteiger partial charge in [0.25, 0.3) is 0 Å². The first-order valence-electron chi connectivity index (χ1n) is 9.52. The van der Waals surface area contributed by atoms with Gasteiger partial charge >= 0.3 is 0 Å². The fourth-order valence-corrected chi connectivity index (χ4v) is 3.80. The minimum absolute atomic E-state index is 0.0138. The molecule has 0 spiro atoms. The Morgan fingerprint density at radius 1 is 1.14 bits per heavy atom. The lowest BCUT2D eigenvalue weighted by Gasteiger charge is -2.12. The molecule has 1 aromatic carbocycles. The zero-order valence-corrected chi connectivity index (χ0v) is 18.1. The van der Waals surface area contributed by atoms with Crippen molar-refractivity contribution in [2.24, 2.45) is 0 Å². The first kappa shape index (κ1) is 20.3. The largest absolute Gasteiger partial charge is 0.353 e. The number of hydrogen-bond acceptors (Lipinski definition) is 5. The van der Waals surface area contributed by atoms with Crippen molar-refractivity contribution in [3.63, 3.8) is 0 Å². The van der Waals surface area contributed by atoms with Crippen LogP contribution in [-0.4, -0.2) is 37.7 Å². The van der Waals surface area contributed by atoms with Crippen molar-refractivity contribution >= 4 is 28.6 Å². The van der Waals surface area contributed by atoms with E-state index >= 15 is 0 Å². The molecule has 0 unspecified atom stereocenters. The highest BCUT2D eigenvalue weighted by Gasteiger charge is 2.19. The molecular weight excluding hydrogens is 370 g/mol. The van der Waals surface area contributed by atoms with Gasteiger partial charge in [-0.15, -0.1) is 5.10 Å². The lowest BCUT2D eigenvalue weighted by molar-refractivity contribution is -0.119. The molecular formula is C21H27N5OS. The summed E-state index contributed by atoms with van der Waals surface area (Å²) < 4.78 is 1.91. The van der Waals surface area contributed by atoms with E-state index in [1.54, 1.807) is 0 Å². The van der Waals surface area contributed by atoms with Crippen LogP contribution in [0.1, 0.15) is 50.4 Å². The Bertz CT molecular complexity index is 1010. The second-order valence-corrected chi connectivity index (χ2v) is 8.61. The van der Waals surface area contributed by atoms with Gasteiger partial charge in [-0.1, -0.05) is 31.7 Å². The number of rotatable bonds is 6. The number of hydrogen-bond donors (Lipinski definition) is 1. The molecule has 6 nitrogen and oxygen atoms in total. The average Bonchev–Trinajstić information content (AvgIpc) is 3.06. The number of nitrogens with zero attached hydrogens (tertiary/aromatic N) is 4. The van der Waals surface area contributed by atoms with Gasteiger partial charge in [-0.2, -0.15) is 10.2 Å². The summed E-state index contributed by atoms with van der Waals surface area (Å²) in [5.74, 6) is 0.511. The van der Waals surface area contributed by atoms with E-state index in [0.717, 1.165) is 22.3 Å². The molecule has 0 atom stereocenters. The van der Waals surface area contributed by atoms with E-state index in [4.69, 9.17) is 0 Å².